The summed E-state index contributed by atoms with van der Waals surface area (Å²) in [5, 5.41) is 19.9. The summed E-state index contributed by atoms with van der Waals surface area (Å²) in [4.78, 5) is 13.6. The maximum Gasteiger partial charge on any atom is 0.308 e. The minimum Gasteiger partial charge on any atom is -0.450 e. The number of hydrogen-bond acceptors (Lipinski definition) is 6. The zero-order chi connectivity index (χ0) is 25.8. The highest BCUT2D eigenvalue weighted by atomic mass is 16.5. The Kier molecular flexibility index (Phi) is 6.12. The van der Waals surface area contributed by atoms with Crippen LogP contribution in [0.25, 0.3) is 16.8 Å². The summed E-state index contributed by atoms with van der Waals surface area (Å²) in [6.45, 7) is 0. The first-order chi connectivity index (χ1) is 18.7. The number of ether oxygens (including phenoxy) is 1. The molecule has 0 saturated heterocycles. The van der Waals surface area contributed by atoms with E-state index in [4.69, 9.17) is 4.74 Å². The first-order valence-electron chi connectivity index (χ1n) is 12.2. The van der Waals surface area contributed by atoms with E-state index >= 15 is 0 Å². The molecule has 38 heavy (non-hydrogen) atoms. The topological polar surface area (TPSA) is 75.7 Å². The summed E-state index contributed by atoms with van der Waals surface area (Å²) in [5.74, 6) is 0.0313. The fraction of sp³-hybridized carbons (Fsp3) is 0.0312. The molecule has 0 amide bonds. The third-order valence-electron chi connectivity index (χ3n) is 6.28. The van der Waals surface area contributed by atoms with Crippen LogP contribution in [0.2, 0.25) is 0 Å². The van der Waals surface area contributed by atoms with E-state index in [0.29, 0.717) is 28.4 Å². The number of hydrogen-bond donors (Lipinski definition) is 0. The third-order valence-corrected chi connectivity index (χ3v) is 6.28. The summed E-state index contributed by atoms with van der Waals surface area (Å²) in [7, 11) is 0. The van der Waals surface area contributed by atoms with Crippen molar-refractivity contribution in [3.05, 3.63) is 139 Å². The van der Waals surface area contributed by atoms with E-state index in [0.717, 1.165) is 16.3 Å². The Bertz CT molecular complexity index is 1710. The number of ketones is 1. The second-order valence-electron chi connectivity index (χ2n) is 8.74. The zero-order valence-electron chi connectivity index (χ0n) is 20.3. The molecule has 0 radical (unpaired) electrons. The van der Waals surface area contributed by atoms with Crippen LogP contribution < -0.4 is 4.74 Å². The molecule has 0 aliphatic heterocycles. The van der Waals surface area contributed by atoms with Crippen molar-refractivity contribution in [2.75, 3.05) is 0 Å². The van der Waals surface area contributed by atoms with Crippen molar-refractivity contribution >= 4 is 39.7 Å². The van der Waals surface area contributed by atoms with Crippen LogP contribution in [-0.4, -0.2) is 5.78 Å². The highest BCUT2D eigenvalue weighted by Crippen LogP contribution is 2.44. The van der Waals surface area contributed by atoms with Crippen LogP contribution in [0.3, 0.4) is 0 Å². The first-order valence-corrected chi connectivity index (χ1v) is 12.2. The van der Waals surface area contributed by atoms with Gasteiger partial charge in [-0.05, 0) is 47.4 Å². The van der Waals surface area contributed by atoms with Gasteiger partial charge in [-0.15, -0.1) is 10.2 Å². The van der Waals surface area contributed by atoms with Crippen molar-refractivity contribution in [3.8, 4) is 5.75 Å². The smallest absolute Gasteiger partial charge is 0.308 e. The highest BCUT2D eigenvalue weighted by molar-refractivity contribution is 6.04. The molecule has 1 unspecified atom stereocenters. The average molecular weight is 495 g/mol. The summed E-state index contributed by atoms with van der Waals surface area (Å²) in [6.07, 6.45) is 3.26. The van der Waals surface area contributed by atoms with Gasteiger partial charge in [-0.3, -0.25) is 4.79 Å². The molecule has 0 bridgehead atoms. The van der Waals surface area contributed by atoms with Gasteiger partial charge in [-0.25, -0.2) is 0 Å². The van der Waals surface area contributed by atoms with Crippen LogP contribution in [0, 0.1) is 0 Å². The number of azo groups is 2. The molecule has 0 saturated carbocycles. The van der Waals surface area contributed by atoms with E-state index in [2.05, 4.69) is 20.5 Å². The quantitative estimate of drug-likeness (QED) is 0.221. The van der Waals surface area contributed by atoms with Crippen molar-refractivity contribution in [3.63, 3.8) is 0 Å². The molecule has 6 heteroatoms. The van der Waals surface area contributed by atoms with E-state index in [9.17, 15) is 4.79 Å². The van der Waals surface area contributed by atoms with Gasteiger partial charge in [0.1, 0.15) is 5.69 Å². The molecule has 0 N–H and O–H groups in total. The van der Waals surface area contributed by atoms with Crippen molar-refractivity contribution < 1.29 is 9.53 Å². The Morgan fingerprint density at radius 1 is 0.579 bits per heavy atom. The molecule has 0 spiro atoms. The van der Waals surface area contributed by atoms with Gasteiger partial charge in [0, 0.05) is 10.9 Å². The van der Waals surface area contributed by atoms with Crippen LogP contribution >= 0.6 is 0 Å². The molecule has 1 atom stereocenters. The third kappa shape index (κ3) is 4.40. The van der Waals surface area contributed by atoms with Crippen molar-refractivity contribution in [2.24, 2.45) is 20.5 Å². The van der Waals surface area contributed by atoms with E-state index in [1.54, 1.807) is 12.1 Å². The van der Waals surface area contributed by atoms with E-state index in [-0.39, 0.29) is 5.78 Å². The van der Waals surface area contributed by atoms with E-state index < -0.39 is 5.72 Å². The minimum absolute atomic E-state index is 0.338. The Morgan fingerprint density at radius 2 is 1.24 bits per heavy atom. The normalized spacial score (nSPS) is 16.8. The van der Waals surface area contributed by atoms with Gasteiger partial charge in [-0.1, -0.05) is 97.1 Å². The number of fused-ring (bicyclic) bond motifs is 2. The Hall–Kier alpha value is -5.23. The lowest BCUT2D eigenvalue weighted by molar-refractivity contribution is -0.130. The maximum atomic E-state index is 13.6. The van der Waals surface area contributed by atoms with Crippen molar-refractivity contribution in [2.45, 2.75) is 5.72 Å². The Labute approximate surface area is 219 Å². The lowest BCUT2D eigenvalue weighted by atomic mass is 9.88. The monoisotopic (exact) mass is 494 g/mol. The molecule has 0 heterocycles. The SMILES string of the molecule is O=C1C=Cc2ccccc2C1(N=Nc1ccccc1)Oc1ccc2ccccc2c1N=Nc1ccccc1. The molecule has 0 aromatic heterocycles. The van der Waals surface area contributed by atoms with Crippen LogP contribution in [0.15, 0.2) is 148 Å². The van der Waals surface area contributed by atoms with E-state index in [1.165, 1.54) is 6.08 Å². The number of carbonyl (C=O) groups is 1. The van der Waals surface area contributed by atoms with Crippen molar-refractivity contribution in [1.82, 2.24) is 0 Å². The second-order valence-corrected chi connectivity index (χ2v) is 8.74. The second kappa shape index (κ2) is 10.0. The molecular formula is C32H22N4O2. The van der Waals surface area contributed by atoms with Gasteiger partial charge in [0.05, 0.1) is 11.4 Å². The predicted octanol–water partition coefficient (Wildman–Crippen LogP) is 8.87. The fourth-order valence-corrected chi connectivity index (χ4v) is 4.40. The van der Waals surface area contributed by atoms with Gasteiger partial charge in [0.15, 0.2) is 5.75 Å². The summed E-state index contributed by atoms with van der Waals surface area (Å²) in [5.41, 5.74) is 1.50. The number of benzene rings is 5. The largest absolute Gasteiger partial charge is 0.450 e. The molecular weight excluding hydrogens is 472 g/mol. The van der Waals surface area contributed by atoms with Crippen LogP contribution in [-0.2, 0) is 10.5 Å². The molecule has 5 aromatic carbocycles. The number of nitrogens with zero attached hydrogens (tertiary/aromatic N) is 4. The molecule has 6 rings (SSSR count). The standard InChI is InChI=1S/C32H22N4O2/c37-30-22-20-24-12-8-10-18-28(24)32(30,36-34-26-15-5-2-6-16-26)38-29-21-19-23-11-7-9-17-27(23)31(29)35-33-25-13-3-1-4-14-25/h1-22H. The van der Waals surface area contributed by atoms with Crippen LogP contribution in [0.4, 0.5) is 17.1 Å². The van der Waals surface area contributed by atoms with Crippen LogP contribution in [0.1, 0.15) is 11.1 Å². The van der Waals surface area contributed by atoms with Crippen molar-refractivity contribution in [1.29, 1.82) is 0 Å². The molecule has 6 nitrogen and oxygen atoms in total. The number of rotatable bonds is 6. The van der Waals surface area contributed by atoms with Gasteiger partial charge >= 0.3 is 5.72 Å². The fourth-order valence-electron chi connectivity index (χ4n) is 4.40. The van der Waals surface area contributed by atoms with E-state index in [1.807, 2.05) is 115 Å². The molecule has 0 fully saturated rings. The van der Waals surface area contributed by atoms with Gasteiger partial charge in [-0.2, -0.15) is 10.2 Å². The summed E-state index contributed by atoms with van der Waals surface area (Å²) in [6, 6.07) is 37.8. The molecule has 5 aromatic rings. The van der Waals surface area contributed by atoms with Gasteiger partial charge in [0.25, 0.3) is 0 Å². The summed E-state index contributed by atoms with van der Waals surface area (Å²) < 4.78 is 6.62. The van der Waals surface area contributed by atoms with Gasteiger partial charge < -0.3 is 4.74 Å². The first kappa shape index (κ1) is 23.2. The number of carbonyl (C=O) groups excluding carboxylic acids is 1. The summed E-state index contributed by atoms with van der Waals surface area (Å²) >= 11 is 0. The highest BCUT2D eigenvalue weighted by Gasteiger charge is 2.46. The lowest BCUT2D eigenvalue weighted by Gasteiger charge is -2.31. The predicted molar refractivity (Wildman–Crippen MR) is 148 cm³/mol. The van der Waals surface area contributed by atoms with Gasteiger partial charge in [0.2, 0.25) is 5.78 Å². The minimum atomic E-state index is -1.74. The molecule has 182 valence electrons. The molecule has 1 aliphatic rings. The zero-order valence-corrected chi connectivity index (χ0v) is 20.3. The lowest BCUT2D eigenvalue weighted by Crippen LogP contribution is -2.41. The maximum absolute atomic E-state index is 13.6. The Balaban J connectivity index is 1.53. The van der Waals surface area contributed by atoms with Crippen LogP contribution in [0.5, 0.6) is 5.75 Å². The molecule has 1 aliphatic carbocycles. The average Bonchev–Trinajstić information content (AvgIpc) is 2.98. The Morgan fingerprint density at radius 3 is 2.03 bits per heavy atom.